The summed E-state index contributed by atoms with van der Waals surface area (Å²) in [5.74, 6) is 3.92. The number of ether oxygens (including phenoxy) is 2. The first-order valence-corrected chi connectivity index (χ1v) is 15.2. The highest BCUT2D eigenvalue weighted by Crippen LogP contribution is 2.68. The van der Waals surface area contributed by atoms with Gasteiger partial charge in [-0.05, 0) is 93.1 Å². The maximum Gasteiger partial charge on any atom is 0.340 e. The normalized spacial score (nSPS) is 35.7. The Labute approximate surface area is 222 Å². The van der Waals surface area contributed by atoms with Gasteiger partial charge in [-0.3, -0.25) is 0 Å². The van der Waals surface area contributed by atoms with Crippen molar-refractivity contribution in [3.05, 3.63) is 46.5 Å². The fourth-order valence-corrected chi connectivity index (χ4v) is 8.61. The Balaban J connectivity index is 1.36. The van der Waals surface area contributed by atoms with E-state index in [9.17, 15) is 9.59 Å². The van der Waals surface area contributed by atoms with Crippen LogP contribution in [0.3, 0.4) is 0 Å². The number of hydrogen-bond donors (Lipinski definition) is 0. The van der Waals surface area contributed by atoms with Crippen molar-refractivity contribution in [2.45, 2.75) is 104 Å². The molecule has 0 aromatic carbocycles. The molecule has 5 atom stereocenters. The van der Waals surface area contributed by atoms with E-state index in [1.54, 1.807) is 0 Å². The van der Waals surface area contributed by atoms with Gasteiger partial charge in [-0.2, -0.15) is 0 Å². The van der Waals surface area contributed by atoms with Gasteiger partial charge in [0, 0.05) is 22.6 Å². The van der Waals surface area contributed by atoms with E-state index < -0.39 is 5.41 Å². The van der Waals surface area contributed by atoms with Crippen LogP contribution in [0, 0.1) is 40.9 Å². The molecule has 1 spiro atoms. The van der Waals surface area contributed by atoms with Crippen LogP contribution in [0.5, 0.6) is 0 Å². The second-order valence-electron chi connectivity index (χ2n) is 13.1. The van der Waals surface area contributed by atoms with Crippen LogP contribution in [0.2, 0.25) is 0 Å². The second-order valence-corrected chi connectivity index (χ2v) is 13.1. The third-order valence-corrected chi connectivity index (χ3v) is 10.6. The summed E-state index contributed by atoms with van der Waals surface area (Å²) in [4.78, 5) is 26.8. The number of carbonyl (C=O) groups is 2. The van der Waals surface area contributed by atoms with Crippen molar-refractivity contribution < 1.29 is 19.1 Å². The number of esters is 2. The first-order chi connectivity index (χ1) is 17.9. The quantitative estimate of drug-likeness (QED) is 0.315. The number of fused-ring (bicyclic) bond motifs is 1. The predicted molar refractivity (Wildman–Crippen MR) is 144 cm³/mol. The average molecular weight is 505 g/mol. The third kappa shape index (κ3) is 4.17. The lowest BCUT2D eigenvalue weighted by molar-refractivity contribution is -0.135. The summed E-state index contributed by atoms with van der Waals surface area (Å²) in [5.41, 5.74) is 2.35. The summed E-state index contributed by atoms with van der Waals surface area (Å²) in [6.45, 7) is 6.76. The molecule has 2 bridgehead atoms. The molecular formula is C33H44O4. The molecule has 0 aromatic rings. The van der Waals surface area contributed by atoms with Gasteiger partial charge in [0.05, 0.1) is 5.41 Å². The number of hydrogen-bond acceptors (Lipinski definition) is 4. The van der Waals surface area contributed by atoms with Gasteiger partial charge in [-0.25, -0.2) is 9.59 Å². The molecule has 5 aliphatic carbocycles. The Hall–Kier alpha value is -2.10. The molecule has 200 valence electrons. The molecule has 0 aromatic heterocycles. The molecule has 2 saturated carbocycles. The van der Waals surface area contributed by atoms with Gasteiger partial charge in [0.15, 0.2) is 0 Å². The molecule has 0 N–H and O–H groups in total. The molecule has 7 aliphatic rings. The number of cyclic esters (lactones) is 2. The Morgan fingerprint density at radius 3 is 2.62 bits per heavy atom. The zero-order valence-corrected chi connectivity index (χ0v) is 23.0. The van der Waals surface area contributed by atoms with Gasteiger partial charge >= 0.3 is 11.9 Å². The van der Waals surface area contributed by atoms with Crippen molar-refractivity contribution in [1.29, 1.82) is 0 Å². The average Bonchev–Trinajstić information content (AvgIpc) is 3.60. The van der Waals surface area contributed by atoms with E-state index in [2.05, 4.69) is 39.0 Å². The van der Waals surface area contributed by atoms with Crippen LogP contribution in [-0.2, 0) is 19.1 Å². The van der Waals surface area contributed by atoms with E-state index in [1.165, 1.54) is 32.1 Å². The number of rotatable bonds is 8. The minimum Gasteiger partial charge on any atom is -0.427 e. The lowest BCUT2D eigenvalue weighted by Crippen LogP contribution is -2.50. The molecule has 2 heterocycles. The smallest absolute Gasteiger partial charge is 0.340 e. The molecule has 4 heteroatoms. The standard InChI is InChI=1S/C33H44O4/c1-4-21(13-12-20(2)3)18-28-33-17-16-23(19-26(33)31(34)37-28)24-14-15-25-27(36-32(35)29(25)30(24)33)11-7-10-22-8-5-6-9-22/h11,18-24,30H,4-10,12-17H2,1-3H3. The largest absolute Gasteiger partial charge is 0.427 e. The monoisotopic (exact) mass is 504 g/mol. The highest BCUT2D eigenvalue weighted by molar-refractivity contribution is 5.99. The first kappa shape index (κ1) is 25.2. The van der Waals surface area contributed by atoms with Crippen molar-refractivity contribution in [2.24, 2.45) is 40.9 Å². The number of carbonyl (C=O) groups excluding carboxylic acids is 2. The topological polar surface area (TPSA) is 52.6 Å². The first-order valence-electron chi connectivity index (χ1n) is 15.2. The lowest BCUT2D eigenvalue weighted by Gasteiger charge is -2.54. The number of allylic oxidation sites excluding steroid dienone is 5. The molecular weight excluding hydrogens is 460 g/mol. The van der Waals surface area contributed by atoms with Crippen molar-refractivity contribution in [2.75, 3.05) is 0 Å². The van der Waals surface area contributed by atoms with Crippen LogP contribution in [0.25, 0.3) is 0 Å². The van der Waals surface area contributed by atoms with Crippen LogP contribution >= 0.6 is 0 Å². The fraction of sp³-hybridized carbons (Fsp3) is 0.697. The summed E-state index contributed by atoms with van der Waals surface area (Å²) >= 11 is 0. The fourth-order valence-electron chi connectivity index (χ4n) is 8.61. The van der Waals surface area contributed by atoms with Crippen LogP contribution in [-0.4, -0.2) is 11.9 Å². The minimum atomic E-state index is -0.485. The molecule has 0 radical (unpaired) electrons. The lowest BCUT2D eigenvalue weighted by atomic mass is 9.46. The Morgan fingerprint density at radius 2 is 1.86 bits per heavy atom. The van der Waals surface area contributed by atoms with Crippen molar-refractivity contribution in [1.82, 2.24) is 0 Å². The van der Waals surface area contributed by atoms with Gasteiger partial charge < -0.3 is 9.47 Å². The zero-order chi connectivity index (χ0) is 25.7. The van der Waals surface area contributed by atoms with Gasteiger partial charge in [0.2, 0.25) is 0 Å². The van der Waals surface area contributed by atoms with E-state index in [0.29, 0.717) is 23.7 Å². The Bertz CT molecular complexity index is 1080. The van der Waals surface area contributed by atoms with Crippen LogP contribution in [0.15, 0.2) is 46.5 Å². The molecule has 4 nitrogen and oxygen atoms in total. The highest BCUT2D eigenvalue weighted by Gasteiger charge is 2.66. The summed E-state index contributed by atoms with van der Waals surface area (Å²) in [5, 5.41) is 0. The molecule has 37 heavy (non-hydrogen) atoms. The Kier molecular flexibility index (Phi) is 6.74. The SMILES string of the molecule is CCC(C=C1OC(=O)C2=CC3CCC12C1C2=C(CCC31)C(=CCCC1CCCC1)OC2=O)CCC(C)C. The summed E-state index contributed by atoms with van der Waals surface area (Å²) in [7, 11) is 0. The van der Waals surface area contributed by atoms with Gasteiger partial charge in [0.1, 0.15) is 11.5 Å². The summed E-state index contributed by atoms with van der Waals surface area (Å²) in [6, 6.07) is 0. The maximum atomic E-state index is 13.5. The van der Waals surface area contributed by atoms with Crippen LogP contribution in [0.1, 0.15) is 104 Å². The van der Waals surface area contributed by atoms with Gasteiger partial charge in [-0.1, -0.05) is 59.0 Å². The molecule has 0 amide bonds. The summed E-state index contributed by atoms with van der Waals surface area (Å²) < 4.78 is 12.1. The van der Waals surface area contributed by atoms with Crippen molar-refractivity contribution in [3.63, 3.8) is 0 Å². The van der Waals surface area contributed by atoms with Crippen LogP contribution in [0.4, 0.5) is 0 Å². The molecule has 2 aliphatic heterocycles. The van der Waals surface area contributed by atoms with E-state index in [0.717, 1.165) is 85.5 Å². The third-order valence-electron chi connectivity index (χ3n) is 10.6. The van der Waals surface area contributed by atoms with E-state index in [1.807, 2.05) is 0 Å². The van der Waals surface area contributed by atoms with Crippen molar-refractivity contribution in [3.8, 4) is 0 Å². The van der Waals surface area contributed by atoms with E-state index in [4.69, 9.17) is 9.47 Å². The predicted octanol–water partition coefficient (Wildman–Crippen LogP) is 7.96. The molecule has 3 fully saturated rings. The minimum absolute atomic E-state index is 0.00327. The van der Waals surface area contributed by atoms with E-state index in [-0.39, 0.29) is 17.9 Å². The zero-order valence-electron chi connectivity index (χ0n) is 23.0. The van der Waals surface area contributed by atoms with Gasteiger partial charge in [-0.15, -0.1) is 0 Å². The second kappa shape index (κ2) is 9.89. The Morgan fingerprint density at radius 1 is 1.05 bits per heavy atom. The molecule has 7 rings (SSSR count). The van der Waals surface area contributed by atoms with Crippen molar-refractivity contribution >= 4 is 11.9 Å². The van der Waals surface area contributed by atoms with E-state index >= 15 is 0 Å². The molecule has 5 unspecified atom stereocenters. The maximum absolute atomic E-state index is 13.5. The van der Waals surface area contributed by atoms with Gasteiger partial charge in [0.25, 0.3) is 0 Å². The highest BCUT2D eigenvalue weighted by atomic mass is 16.5. The summed E-state index contributed by atoms with van der Waals surface area (Å²) in [6.07, 6.45) is 21.5. The van der Waals surface area contributed by atoms with Crippen LogP contribution < -0.4 is 0 Å². The molecule has 1 saturated heterocycles.